The number of methoxy groups -OCH3 is 1. The van der Waals surface area contributed by atoms with Gasteiger partial charge in [-0.3, -0.25) is 4.79 Å². The van der Waals surface area contributed by atoms with Crippen LogP contribution in [0.3, 0.4) is 0 Å². The van der Waals surface area contributed by atoms with E-state index in [9.17, 15) is 4.79 Å². The topological polar surface area (TPSA) is 61.6 Å². The lowest BCUT2D eigenvalue weighted by molar-refractivity contribution is -0.119. The minimum absolute atomic E-state index is 0.121. The van der Waals surface area contributed by atoms with E-state index in [0.29, 0.717) is 0 Å². The van der Waals surface area contributed by atoms with E-state index in [1.807, 2.05) is 18.2 Å². The van der Waals surface area contributed by atoms with Gasteiger partial charge in [-0.25, -0.2) is 0 Å². The van der Waals surface area contributed by atoms with Gasteiger partial charge in [-0.1, -0.05) is 6.07 Å². The van der Waals surface area contributed by atoms with Gasteiger partial charge < -0.3 is 15.2 Å². The highest BCUT2D eigenvalue weighted by atomic mass is 16.5. The van der Waals surface area contributed by atoms with Crippen LogP contribution in [0.25, 0.3) is 0 Å². The van der Waals surface area contributed by atoms with Crippen LogP contribution in [-0.4, -0.2) is 19.1 Å². The number of hydrogen-bond acceptors (Lipinski definition) is 3. The van der Waals surface area contributed by atoms with Crippen molar-refractivity contribution in [2.75, 3.05) is 7.11 Å². The van der Waals surface area contributed by atoms with Crippen LogP contribution < -0.4 is 15.2 Å². The summed E-state index contributed by atoms with van der Waals surface area (Å²) < 4.78 is 10.7. The molecule has 4 nitrogen and oxygen atoms in total. The summed E-state index contributed by atoms with van der Waals surface area (Å²) in [4.78, 5) is 10.7. The second-order valence-corrected chi connectivity index (χ2v) is 3.59. The number of carbonyl (C=O) groups excluding carboxylic acids is 1. The molecule has 1 aliphatic heterocycles. The second kappa shape index (κ2) is 3.81. The van der Waals surface area contributed by atoms with Crippen molar-refractivity contribution in [3.05, 3.63) is 23.8 Å². The van der Waals surface area contributed by atoms with Gasteiger partial charge in [-0.15, -0.1) is 0 Å². The highest BCUT2D eigenvalue weighted by Crippen LogP contribution is 2.33. The summed E-state index contributed by atoms with van der Waals surface area (Å²) >= 11 is 0. The van der Waals surface area contributed by atoms with E-state index in [-0.39, 0.29) is 18.4 Å². The van der Waals surface area contributed by atoms with Crippen molar-refractivity contribution in [2.45, 2.75) is 18.9 Å². The van der Waals surface area contributed by atoms with Crippen LogP contribution in [-0.2, 0) is 11.2 Å². The maximum atomic E-state index is 10.7. The molecule has 1 unspecified atom stereocenters. The van der Waals surface area contributed by atoms with Gasteiger partial charge in [0, 0.05) is 12.5 Å². The first-order valence-corrected chi connectivity index (χ1v) is 4.81. The fourth-order valence-corrected chi connectivity index (χ4v) is 1.74. The molecule has 0 spiro atoms. The number of fused-ring (bicyclic) bond motifs is 1. The molecule has 2 N–H and O–H groups in total. The van der Waals surface area contributed by atoms with E-state index in [1.54, 1.807) is 7.11 Å². The van der Waals surface area contributed by atoms with Gasteiger partial charge >= 0.3 is 0 Å². The van der Waals surface area contributed by atoms with Gasteiger partial charge in [-0.2, -0.15) is 0 Å². The fourth-order valence-electron chi connectivity index (χ4n) is 1.74. The smallest absolute Gasteiger partial charge is 0.221 e. The molecule has 80 valence electrons. The van der Waals surface area contributed by atoms with Crippen molar-refractivity contribution in [1.82, 2.24) is 0 Å². The normalized spacial score (nSPS) is 18.1. The second-order valence-electron chi connectivity index (χ2n) is 3.59. The van der Waals surface area contributed by atoms with Gasteiger partial charge in [0.15, 0.2) is 0 Å². The quantitative estimate of drug-likeness (QED) is 0.800. The van der Waals surface area contributed by atoms with E-state index in [1.165, 1.54) is 0 Å². The van der Waals surface area contributed by atoms with Gasteiger partial charge in [0.1, 0.15) is 17.6 Å². The minimum Gasteiger partial charge on any atom is -0.497 e. The Hall–Kier alpha value is -1.71. The van der Waals surface area contributed by atoms with Crippen molar-refractivity contribution < 1.29 is 14.3 Å². The average molecular weight is 207 g/mol. The molecule has 15 heavy (non-hydrogen) atoms. The molecule has 1 aliphatic rings. The number of nitrogens with two attached hydrogens (primary N) is 1. The third kappa shape index (κ3) is 2.03. The molecule has 1 aromatic carbocycles. The van der Waals surface area contributed by atoms with Gasteiger partial charge in [0.05, 0.1) is 13.5 Å². The molecule has 0 radical (unpaired) electrons. The number of rotatable bonds is 3. The Kier molecular flexibility index (Phi) is 2.49. The maximum Gasteiger partial charge on any atom is 0.221 e. The van der Waals surface area contributed by atoms with Crippen LogP contribution in [0.2, 0.25) is 0 Å². The first-order chi connectivity index (χ1) is 7.19. The summed E-state index contributed by atoms with van der Waals surface area (Å²) in [7, 11) is 1.61. The molecule has 0 saturated carbocycles. The fraction of sp³-hybridized carbons (Fsp3) is 0.364. The summed E-state index contributed by atoms with van der Waals surface area (Å²) in [6, 6.07) is 5.67. The Labute approximate surface area is 88.0 Å². The first-order valence-electron chi connectivity index (χ1n) is 4.81. The monoisotopic (exact) mass is 207 g/mol. The molecule has 2 rings (SSSR count). The lowest BCUT2D eigenvalue weighted by Crippen LogP contribution is -2.23. The average Bonchev–Trinajstić information content (AvgIpc) is 2.57. The molecule has 0 fully saturated rings. The minimum atomic E-state index is -0.334. The largest absolute Gasteiger partial charge is 0.497 e. The number of carbonyl (C=O) groups is 1. The molecule has 1 atom stereocenters. The highest BCUT2D eigenvalue weighted by Gasteiger charge is 2.24. The Morgan fingerprint density at radius 2 is 2.47 bits per heavy atom. The van der Waals surface area contributed by atoms with E-state index < -0.39 is 0 Å². The van der Waals surface area contributed by atoms with Crippen molar-refractivity contribution in [3.63, 3.8) is 0 Å². The standard InChI is InChI=1S/C11H13NO3/c1-14-8-3-2-7-4-9(6-11(12)13)15-10(7)5-8/h2-3,5,9H,4,6H2,1H3,(H2,12,13). The Morgan fingerprint density at radius 1 is 1.67 bits per heavy atom. The van der Waals surface area contributed by atoms with E-state index in [0.717, 1.165) is 23.5 Å². The van der Waals surface area contributed by atoms with Gasteiger partial charge in [0.2, 0.25) is 5.91 Å². The maximum absolute atomic E-state index is 10.7. The number of ether oxygens (including phenoxy) is 2. The number of hydrogen-bond donors (Lipinski definition) is 1. The van der Waals surface area contributed by atoms with Crippen LogP contribution in [0.15, 0.2) is 18.2 Å². The molecule has 1 heterocycles. The highest BCUT2D eigenvalue weighted by molar-refractivity contribution is 5.74. The van der Waals surface area contributed by atoms with Crippen molar-refractivity contribution in [2.24, 2.45) is 5.73 Å². The predicted octanol–water partition coefficient (Wildman–Crippen LogP) is 0.874. The summed E-state index contributed by atoms with van der Waals surface area (Å²) in [5, 5.41) is 0. The molecule has 0 bridgehead atoms. The van der Waals surface area contributed by atoms with Crippen LogP contribution in [0, 0.1) is 0 Å². The lowest BCUT2D eigenvalue weighted by atomic mass is 10.1. The van der Waals surface area contributed by atoms with E-state index >= 15 is 0 Å². The molecule has 1 aromatic rings. The Balaban J connectivity index is 2.13. The summed E-state index contributed by atoms with van der Waals surface area (Å²) in [5.41, 5.74) is 6.22. The zero-order valence-corrected chi connectivity index (χ0v) is 8.53. The molecule has 4 heteroatoms. The zero-order valence-electron chi connectivity index (χ0n) is 8.53. The van der Waals surface area contributed by atoms with Gasteiger partial charge in [0.25, 0.3) is 0 Å². The van der Waals surface area contributed by atoms with Crippen molar-refractivity contribution in [1.29, 1.82) is 0 Å². The van der Waals surface area contributed by atoms with Gasteiger partial charge in [-0.05, 0) is 11.6 Å². The molecular weight excluding hydrogens is 194 g/mol. The van der Waals surface area contributed by atoms with Crippen molar-refractivity contribution in [3.8, 4) is 11.5 Å². The SMILES string of the molecule is COc1ccc2c(c1)OC(CC(N)=O)C2. The Bertz CT molecular complexity index is 389. The van der Waals surface area contributed by atoms with E-state index in [4.69, 9.17) is 15.2 Å². The molecular formula is C11H13NO3. The van der Waals surface area contributed by atoms with Crippen LogP contribution in [0.4, 0.5) is 0 Å². The number of primary amides is 1. The predicted molar refractivity (Wildman–Crippen MR) is 54.9 cm³/mol. The molecule has 0 aliphatic carbocycles. The molecule has 1 amide bonds. The number of benzene rings is 1. The first kappa shape index (κ1) is 9.83. The summed E-state index contributed by atoms with van der Waals surface area (Å²) in [5.74, 6) is 1.22. The third-order valence-corrected chi connectivity index (χ3v) is 2.44. The Morgan fingerprint density at radius 3 is 3.13 bits per heavy atom. The molecule has 0 aromatic heterocycles. The number of amides is 1. The lowest BCUT2D eigenvalue weighted by Gasteiger charge is -2.07. The van der Waals surface area contributed by atoms with E-state index in [2.05, 4.69) is 0 Å². The van der Waals surface area contributed by atoms with Crippen LogP contribution in [0.5, 0.6) is 11.5 Å². The summed E-state index contributed by atoms with van der Waals surface area (Å²) in [6.45, 7) is 0. The van der Waals surface area contributed by atoms with Crippen LogP contribution in [0.1, 0.15) is 12.0 Å². The third-order valence-electron chi connectivity index (χ3n) is 2.44. The van der Waals surface area contributed by atoms with Crippen molar-refractivity contribution >= 4 is 5.91 Å². The summed E-state index contributed by atoms with van der Waals surface area (Å²) in [6.07, 6.45) is 0.879. The zero-order chi connectivity index (χ0) is 10.8. The molecule has 0 saturated heterocycles. The van der Waals surface area contributed by atoms with Crippen LogP contribution >= 0.6 is 0 Å².